The lowest BCUT2D eigenvalue weighted by atomic mass is 10.1. The molecular weight excluding hydrogens is 392 g/mol. The molecule has 0 N–H and O–H groups in total. The van der Waals surface area contributed by atoms with E-state index in [-0.39, 0.29) is 5.91 Å². The molecule has 156 valence electrons. The summed E-state index contributed by atoms with van der Waals surface area (Å²) in [6.45, 7) is 3.52. The van der Waals surface area contributed by atoms with E-state index >= 15 is 0 Å². The zero-order valence-corrected chi connectivity index (χ0v) is 17.4. The van der Waals surface area contributed by atoms with Gasteiger partial charge in [-0.1, -0.05) is 11.6 Å². The lowest BCUT2D eigenvalue weighted by Crippen LogP contribution is -2.35. The quantitative estimate of drug-likeness (QED) is 0.715. The zero-order chi connectivity index (χ0) is 20.4. The number of carbonyl (C=O) groups is 1. The molecule has 3 heterocycles. The molecule has 1 fully saturated rings. The highest BCUT2D eigenvalue weighted by Gasteiger charge is 2.29. The first-order chi connectivity index (χ1) is 13.9. The largest absolute Gasteiger partial charge is 0.339 e. The van der Waals surface area contributed by atoms with Crippen molar-refractivity contribution in [2.24, 2.45) is 0 Å². The standard InChI is InChI=1S/C20H26N4O4S/c1-15-21-19(28-22-15)6-5-7-20(25)24-13-10-16-14-17(8-9-18(16)24)29(26,27)23-11-3-2-4-12-23/h8-9,14H,2-7,10-13H2,1H3. The molecule has 1 amide bonds. The molecule has 0 spiro atoms. The molecule has 4 rings (SSSR count). The Hall–Kier alpha value is -2.26. The van der Waals surface area contributed by atoms with Crippen molar-refractivity contribution in [2.45, 2.75) is 56.8 Å². The minimum absolute atomic E-state index is 0.0339. The van der Waals surface area contributed by atoms with Crippen LogP contribution in [0.3, 0.4) is 0 Å². The minimum atomic E-state index is -3.46. The lowest BCUT2D eigenvalue weighted by Gasteiger charge is -2.26. The fraction of sp³-hybridized carbons (Fsp3) is 0.550. The second-order valence-electron chi connectivity index (χ2n) is 7.64. The van der Waals surface area contributed by atoms with Crippen LogP contribution < -0.4 is 4.90 Å². The maximum atomic E-state index is 12.9. The monoisotopic (exact) mass is 418 g/mol. The number of anilines is 1. The number of aryl methyl sites for hydroxylation is 2. The van der Waals surface area contributed by atoms with Gasteiger partial charge in [0.05, 0.1) is 4.90 Å². The van der Waals surface area contributed by atoms with Crippen LogP contribution in [0.5, 0.6) is 0 Å². The third-order valence-corrected chi connectivity index (χ3v) is 7.45. The predicted molar refractivity (Wildman–Crippen MR) is 107 cm³/mol. The van der Waals surface area contributed by atoms with Gasteiger partial charge in [-0.2, -0.15) is 9.29 Å². The van der Waals surface area contributed by atoms with Gasteiger partial charge in [-0.25, -0.2) is 8.42 Å². The molecule has 8 nitrogen and oxygen atoms in total. The number of fused-ring (bicyclic) bond motifs is 1. The van der Waals surface area contributed by atoms with Crippen molar-refractivity contribution in [3.05, 3.63) is 35.5 Å². The van der Waals surface area contributed by atoms with E-state index in [4.69, 9.17) is 4.52 Å². The molecular formula is C20H26N4O4S. The Morgan fingerprint density at radius 2 is 1.97 bits per heavy atom. The van der Waals surface area contributed by atoms with Crippen molar-refractivity contribution < 1.29 is 17.7 Å². The molecule has 0 saturated carbocycles. The fourth-order valence-corrected chi connectivity index (χ4v) is 5.59. The predicted octanol–water partition coefficient (Wildman–Crippen LogP) is 2.46. The highest BCUT2D eigenvalue weighted by molar-refractivity contribution is 7.89. The topological polar surface area (TPSA) is 96.6 Å². The number of amides is 1. The number of hydrogen-bond acceptors (Lipinski definition) is 6. The first-order valence-corrected chi connectivity index (χ1v) is 11.6. The summed E-state index contributed by atoms with van der Waals surface area (Å²) in [6, 6.07) is 5.15. The van der Waals surface area contributed by atoms with Crippen LogP contribution in [0.2, 0.25) is 0 Å². The smallest absolute Gasteiger partial charge is 0.243 e. The molecule has 9 heteroatoms. The Morgan fingerprint density at radius 1 is 1.17 bits per heavy atom. The molecule has 2 aromatic rings. The van der Waals surface area contributed by atoms with E-state index in [9.17, 15) is 13.2 Å². The van der Waals surface area contributed by atoms with E-state index in [1.165, 1.54) is 0 Å². The molecule has 0 unspecified atom stereocenters. The van der Waals surface area contributed by atoms with Crippen molar-refractivity contribution in [3.8, 4) is 0 Å². The summed E-state index contributed by atoms with van der Waals surface area (Å²) in [5.41, 5.74) is 1.74. The second kappa shape index (κ2) is 8.23. The second-order valence-corrected chi connectivity index (χ2v) is 9.58. The SMILES string of the molecule is Cc1noc(CCCC(=O)N2CCc3cc(S(=O)(=O)N4CCCCC4)ccc32)n1. The number of rotatable bonds is 6. The Balaban J connectivity index is 1.41. The normalized spacial score (nSPS) is 17.5. The van der Waals surface area contributed by atoms with Gasteiger partial charge in [0.2, 0.25) is 21.8 Å². The average Bonchev–Trinajstić information content (AvgIpc) is 3.34. The molecule has 29 heavy (non-hydrogen) atoms. The van der Waals surface area contributed by atoms with E-state index in [0.717, 1.165) is 30.5 Å². The third kappa shape index (κ3) is 4.20. The lowest BCUT2D eigenvalue weighted by molar-refractivity contribution is -0.118. The van der Waals surface area contributed by atoms with Crippen LogP contribution in [0.1, 0.15) is 49.4 Å². The van der Waals surface area contributed by atoms with Gasteiger partial charge in [-0.05, 0) is 56.4 Å². The molecule has 0 radical (unpaired) electrons. The molecule has 1 saturated heterocycles. The molecule has 0 atom stereocenters. The molecule has 2 aliphatic rings. The number of benzene rings is 1. The summed E-state index contributed by atoms with van der Waals surface area (Å²) in [5, 5.41) is 3.75. The zero-order valence-electron chi connectivity index (χ0n) is 16.6. The average molecular weight is 419 g/mol. The van der Waals surface area contributed by atoms with Gasteiger partial charge in [0.25, 0.3) is 0 Å². The fourth-order valence-electron chi connectivity index (χ4n) is 4.02. The van der Waals surface area contributed by atoms with Crippen LogP contribution in [0, 0.1) is 6.92 Å². The van der Waals surface area contributed by atoms with Crippen molar-refractivity contribution in [3.63, 3.8) is 0 Å². The highest BCUT2D eigenvalue weighted by Crippen LogP contribution is 2.32. The number of sulfonamides is 1. The van der Waals surface area contributed by atoms with Gasteiger partial charge < -0.3 is 9.42 Å². The van der Waals surface area contributed by atoms with Gasteiger partial charge in [-0.15, -0.1) is 0 Å². The van der Waals surface area contributed by atoms with Gasteiger partial charge in [0, 0.05) is 38.2 Å². The number of aromatic nitrogens is 2. The van der Waals surface area contributed by atoms with Gasteiger partial charge in [-0.3, -0.25) is 4.79 Å². The number of piperidine rings is 1. The van der Waals surface area contributed by atoms with Crippen molar-refractivity contribution in [2.75, 3.05) is 24.5 Å². The van der Waals surface area contributed by atoms with Gasteiger partial charge in [0.1, 0.15) is 0 Å². The first kappa shape index (κ1) is 20.0. The molecule has 1 aromatic heterocycles. The van der Waals surface area contributed by atoms with E-state index in [1.54, 1.807) is 34.3 Å². The maximum absolute atomic E-state index is 12.9. The number of carbonyl (C=O) groups excluding carboxylic acids is 1. The van der Waals surface area contributed by atoms with E-state index in [1.807, 2.05) is 0 Å². The van der Waals surface area contributed by atoms with E-state index in [0.29, 0.717) is 61.9 Å². The van der Waals surface area contributed by atoms with E-state index < -0.39 is 10.0 Å². The first-order valence-electron chi connectivity index (χ1n) is 10.2. The number of nitrogens with zero attached hydrogens (tertiary/aromatic N) is 4. The third-order valence-electron chi connectivity index (χ3n) is 5.55. The van der Waals surface area contributed by atoms with Crippen LogP contribution >= 0.6 is 0 Å². The summed E-state index contributed by atoms with van der Waals surface area (Å²) < 4.78 is 32.5. The van der Waals surface area contributed by atoms with Crippen LogP contribution in [0.15, 0.2) is 27.6 Å². The number of hydrogen-bond donors (Lipinski definition) is 0. The van der Waals surface area contributed by atoms with Crippen LogP contribution in [-0.4, -0.2) is 48.4 Å². The Kier molecular flexibility index (Phi) is 5.69. The maximum Gasteiger partial charge on any atom is 0.243 e. The summed E-state index contributed by atoms with van der Waals surface area (Å²) in [4.78, 5) is 18.9. The van der Waals surface area contributed by atoms with Crippen LogP contribution in [-0.2, 0) is 27.7 Å². The van der Waals surface area contributed by atoms with Crippen molar-refractivity contribution in [1.29, 1.82) is 0 Å². The van der Waals surface area contributed by atoms with Crippen molar-refractivity contribution in [1.82, 2.24) is 14.4 Å². The highest BCUT2D eigenvalue weighted by atomic mass is 32.2. The summed E-state index contributed by atoms with van der Waals surface area (Å²) in [6.07, 6.45) is 5.17. The van der Waals surface area contributed by atoms with Crippen LogP contribution in [0.4, 0.5) is 5.69 Å². The summed E-state index contributed by atoms with van der Waals surface area (Å²) in [5.74, 6) is 1.17. The van der Waals surface area contributed by atoms with Crippen molar-refractivity contribution >= 4 is 21.6 Å². The van der Waals surface area contributed by atoms with Crippen LogP contribution in [0.25, 0.3) is 0 Å². The molecule has 0 bridgehead atoms. The molecule has 0 aliphatic carbocycles. The molecule has 1 aromatic carbocycles. The minimum Gasteiger partial charge on any atom is -0.339 e. The van der Waals surface area contributed by atoms with Gasteiger partial charge in [0.15, 0.2) is 5.82 Å². The Morgan fingerprint density at radius 3 is 2.69 bits per heavy atom. The summed E-state index contributed by atoms with van der Waals surface area (Å²) in [7, 11) is -3.46. The summed E-state index contributed by atoms with van der Waals surface area (Å²) >= 11 is 0. The van der Waals surface area contributed by atoms with Gasteiger partial charge >= 0.3 is 0 Å². The Labute approximate surface area is 170 Å². The Bertz CT molecular complexity index is 996. The van der Waals surface area contributed by atoms with E-state index in [2.05, 4.69) is 10.1 Å². The molecule has 2 aliphatic heterocycles.